The van der Waals surface area contributed by atoms with Gasteiger partial charge >= 0.3 is 5.97 Å². The van der Waals surface area contributed by atoms with Gasteiger partial charge in [0.15, 0.2) is 0 Å². The van der Waals surface area contributed by atoms with E-state index in [1.54, 1.807) is 23.1 Å². The topological polar surface area (TPSA) is 75.7 Å². The Kier molecular flexibility index (Phi) is 6.14. The zero-order valence-electron chi connectivity index (χ0n) is 13.3. The predicted octanol–water partition coefficient (Wildman–Crippen LogP) is 2.20. The average molecular weight is 318 g/mol. The summed E-state index contributed by atoms with van der Waals surface area (Å²) >= 11 is 0. The highest BCUT2D eigenvalue weighted by Gasteiger charge is 2.18. The first-order valence-electron chi connectivity index (χ1n) is 7.86. The SMILES string of the molecule is COC(=O)c1cccc(NC(=O)CC(=O)N2CCCCCC2)c1. The standard InChI is InChI=1S/C17H22N2O4/c1-23-17(22)13-7-6-8-14(11-13)18-15(20)12-16(21)19-9-4-2-3-5-10-19/h6-8,11H,2-5,9-10,12H2,1H3,(H,18,20). The van der Waals surface area contributed by atoms with Crippen molar-refractivity contribution in [2.75, 3.05) is 25.5 Å². The lowest BCUT2D eigenvalue weighted by atomic mass is 10.2. The van der Waals surface area contributed by atoms with Gasteiger partial charge in [-0.2, -0.15) is 0 Å². The number of hydrogen-bond donors (Lipinski definition) is 1. The minimum atomic E-state index is -0.471. The number of methoxy groups -OCH3 is 1. The molecule has 1 fully saturated rings. The van der Waals surface area contributed by atoms with Gasteiger partial charge < -0.3 is 15.0 Å². The molecule has 1 saturated heterocycles. The second-order valence-corrected chi connectivity index (χ2v) is 5.59. The largest absolute Gasteiger partial charge is 0.465 e. The molecule has 1 aliphatic heterocycles. The molecular formula is C17H22N2O4. The average Bonchev–Trinajstić information content (AvgIpc) is 2.83. The number of nitrogens with one attached hydrogen (secondary N) is 1. The quantitative estimate of drug-likeness (QED) is 0.682. The van der Waals surface area contributed by atoms with Crippen molar-refractivity contribution in [2.45, 2.75) is 32.1 Å². The van der Waals surface area contributed by atoms with Crippen LogP contribution in [0.1, 0.15) is 42.5 Å². The molecule has 6 heteroatoms. The highest BCUT2D eigenvalue weighted by molar-refractivity contribution is 6.04. The number of esters is 1. The molecule has 0 unspecified atom stereocenters. The fourth-order valence-electron chi connectivity index (χ4n) is 2.62. The molecule has 23 heavy (non-hydrogen) atoms. The number of nitrogens with zero attached hydrogens (tertiary/aromatic N) is 1. The van der Waals surface area contributed by atoms with Gasteiger partial charge in [0.2, 0.25) is 11.8 Å². The maximum absolute atomic E-state index is 12.2. The number of ether oxygens (including phenoxy) is 1. The van der Waals surface area contributed by atoms with Gasteiger partial charge in [-0.3, -0.25) is 9.59 Å². The third kappa shape index (κ3) is 5.09. The second kappa shape index (κ2) is 8.31. The van der Waals surface area contributed by atoms with Crippen LogP contribution in [0.25, 0.3) is 0 Å². The van der Waals surface area contributed by atoms with Gasteiger partial charge in [-0.05, 0) is 31.0 Å². The van der Waals surface area contributed by atoms with Crippen molar-refractivity contribution in [1.29, 1.82) is 0 Å². The van der Waals surface area contributed by atoms with E-state index in [4.69, 9.17) is 0 Å². The molecule has 124 valence electrons. The molecule has 1 aromatic carbocycles. The molecule has 0 saturated carbocycles. The first kappa shape index (κ1) is 17.0. The van der Waals surface area contributed by atoms with Crippen LogP contribution in [0.15, 0.2) is 24.3 Å². The molecule has 0 atom stereocenters. The lowest BCUT2D eigenvalue weighted by Crippen LogP contribution is -2.34. The van der Waals surface area contributed by atoms with Gasteiger partial charge in [0.25, 0.3) is 0 Å². The highest BCUT2D eigenvalue weighted by Crippen LogP contribution is 2.13. The van der Waals surface area contributed by atoms with E-state index in [1.807, 2.05) is 0 Å². The molecule has 1 N–H and O–H groups in total. The number of amides is 2. The number of hydrogen-bond acceptors (Lipinski definition) is 4. The van der Waals surface area contributed by atoms with E-state index in [0.29, 0.717) is 11.3 Å². The van der Waals surface area contributed by atoms with Crippen molar-refractivity contribution in [2.24, 2.45) is 0 Å². The van der Waals surface area contributed by atoms with E-state index in [1.165, 1.54) is 13.2 Å². The first-order chi connectivity index (χ1) is 11.1. The smallest absolute Gasteiger partial charge is 0.337 e. The van der Waals surface area contributed by atoms with E-state index < -0.39 is 5.97 Å². The van der Waals surface area contributed by atoms with Gasteiger partial charge in [-0.15, -0.1) is 0 Å². The van der Waals surface area contributed by atoms with Crippen LogP contribution in [-0.2, 0) is 14.3 Å². The molecule has 6 nitrogen and oxygen atoms in total. The van der Waals surface area contributed by atoms with Crippen molar-refractivity contribution in [1.82, 2.24) is 4.90 Å². The summed E-state index contributed by atoms with van der Waals surface area (Å²) in [6.45, 7) is 1.45. The Labute approximate surface area is 135 Å². The number of likely N-dealkylation sites (tertiary alicyclic amines) is 1. The van der Waals surface area contributed by atoms with Crippen LogP contribution >= 0.6 is 0 Å². The summed E-state index contributed by atoms with van der Waals surface area (Å²) in [6, 6.07) is 6.45. The third-order valence-electron chi connectivity index (χ3n) is 3.84. The number of rotatable bonds is 4. The van der Waals surface area contributed by atoms with Crippen LogP contribution in [0.2, 0.25) is 0 Å². The Balaban J connectivity index is 1.91. The molecule has 0 radical (unpaired) electrons. The molecule has 1 aromatic rings. The van der Waals surface area contributed by atoms with Gasteiger partial charge in [0.1, 0.15) is 6.42 Å². The predicted molar refractivity (Wildman–Crippen MR) is 86.1 cm³/mol. The van der Waals surface area contributed by atoms with E-state index >= 15 is 0 Å². The van der Waals surface area contributed by atoms with Crippen LogP contribution in [-0.4, -0.2) is 42.9 Å². The molecule has 1 heterocycles. The zero-order chi connectivity index (χ0) is 16.7. The van der Waals surface area contributed by atoms with E-state index in [0.717, 1.165) is 38.8 Å². The normalized spacial score (nSPS) is 14.7. The number of benzene rings is 1. The van der Waals surface area contributed by atoms with Gasteiger partial charge in [0.05, 0.1) is 12.7 Å². The monoisotopic (exact) mass is 318 g/mol. The number of carbonyl (C=O) groups is 3. The summed E-state index contributed by atoms with van der Waals surface area (Å²) in [5.74, 6) is -0.989. The fraction of sp³-hybridized carbons (Fsp3) is 0.471. The summed E-state index contributed by atoms with van der Waals surface area (Å²) < 4.78 is 4.64. The number of carbonyl (C=O) groups excluding carboxylic acids is 3. The Morgan fingerprint density at radius 1 is 1.13 bits per heavy atom. The zero-order valence-corrected chi connectivity index (χ0v) is 13.3. The maximum atomic E-state index is 12.2. The Morgan fingerprint density at radius 2 is 1.83 bits per heavy atom. The minimum absolute atomic E-state index is 0.145. The molecule has 2 amide bonds. The van der Waals surface area contributed by atoms with Gasteiger partial charge in [-0.25, -0.2) is 4.79 Å². The summed E-state index contributed by atoms with van der Waals surface area (Å²) in [7, 11) is 1.30. The van der Waals surface area contributed by atoms with Gasteiger partial charge in [-0.1, -0.05) is 18.9 Å². The summed E-state index contributed by atoms with van der Waals surface area (Å²) in [5.41, 5.74) is 0.825. The molecule has 0 aliphatic carbocycles. The van der Waals surface area contributed by atoms with Gasteiger partial charge in [0, 0.05) is 18.8 Å². The fourth-order valence-corrected chi connectivity index (χ4v) is 2.62. The van der Waals surface area contributed by atoms with Crippen LogP contribution in [0.5, 0.6) is 0 Å². The summed E-state index contributed by atoms with van der Waals surface area (Å²) in [5, 5.41) is 2.65. The van der Waals surface area contributed by atoms with E-state index in [-0.39, 0.29) is 18.2 Å². The van der Waals surface area contributed by atoms with Crippen LogP contribution in [0.4, 0.5) is 5.69 Å². The summed E-state index contributed by atoms with van der Waals surface area (Å²) in [6.07, 6.45) is 4.08. The van der Waals surface area contributed by atoms with Crippen LogP contribution < -0.4 is 5.32 Å². The first-order valence-corrected chi connectivity index (χ1v) is 7.86. The lowest BCUT2D eigenvalue weighted by Gasteiger charge is -2.19. The van der Waals surface area contributed by atoms with Crippen LogP contribution in [0, 0.1) is 0 Å². The molecule has 0 bridgehead atoms. The maximum Gasteiger partial charge on any atom is 0.337 e. The van der Waals surface area contributed by atoms with Crippen molar-refractivity contribution in [3.8, 4) is 0 Å². The molecular weight excluding hydrogens is 296 g/mol. The van der Waals surface area contributed by atoms with Crippen molar-refractivity contribution >= 4 is 23.5 Å². The highest BCUT2D eigenvalue weighted by atomic mass is 16.5. The van der Waals surface area contributed by atoms with Crippen LogP contribution in [0.3, 0.4) is 0 Å². The van der Waals surface area contributed by atoms with Crippen molar-refractivity contribution in [3.05, 3.63) is 29.8 Å². The molecule has 0 aromatic heterocycles. The minimum Gasteiger partial charge on any atom is -0.465 e. The second-order valence-electron chi connectivity index (χ2n) is 5.59. The van der Waals surface area contributed by atoms with Crippen molar-refractivity contribution < 1.29 is 19.1 Å². The van der Waals surface area contributed by atoms with Crippen molar-refractivity contribution in [3.63, 3.8) is 0 Å². The molecule has 2 rings (SSSR count). The summed E-state index contributed by atoms with van der Waals surface area (Å²) in [4.78, 5) is 37.4. The molecule has 1 aliphatic rings. The number of anilines is 1. The van der Waals surface area contributed by atoms with E-state index in [9.17, 15) is 14.4 Å². The Hall–Kier alpha value is -2.37. The third-order valence-corrected chi connectivity index (χ3v) is 3.84. The Bertz CT molecular complexity index is 578. The van der Waals surface area contributed by atoms with E-state index in [2.05, 4.69) is 10.1 Å². The molecule has 0 spiro atoms. The lowest BCUT2D eigenvalue weighted by molar-refractivity contribution is -0.134. The Morgan fingerprint density at radius 3 is 2.48 bits per heavy atom.